The van der Waals surface area contributed by atoms with Crippen LogP contribution in [0.3, 0.4) is 0 Å². The van der Waals surface area contributed by atoms with Crippen molar-refractivity contribution in [3.05, 3.63) is 102 Å². The molecule has 0 amide bonds. The van der Waals surface area contributed by atoms with Gasteiger partial charge in [0.25, 0.3) is 0 Å². The first kappa shape index (κ1) is 22.9. The van der Waals surface area contributed by atoms with Gasteiger partial charge in [0.1, 0.15) is 18.4 Å². The molecule has 0 aliphatic rings. The monoisotopic (exact) mass is 494 g/mol. The van der Waals surface area contributed by atoms with Crippen molar-refractivity contribution >= 4 is 39.6 Å². The second-order valence-electron chi connectivity index (χ2n) is 7.78. The lowest BCUT2D eigenvalue weighted by molar-refractivity contribution is 0.294. The van der Waals surface area contributed by atoms with Crippen molar-refractivity contribution < 1.29 is 9.47 Å². The molecule has 3 heterocycles. The summed E-state index contributed by atoms with van der Waals surface area (Å²) in [7, 11) is 0. The Balaban J connectivity index is 1.38. The number of nitrogens with zero attached hydrogens (tertiary/aromatic N) is 4. The maximum Gasteiger partial charge on any atom is 0.213 e. The molecule has 5 rings (SSSR count). The van der Waals surface area contributed by atoms with Crippen molar-refractivity contribution in [1.82, 2.24) is 15.0 Å². The van der Waals surface area contributed by atoms with E-state index in [1.807, 2.05) is 30.3 Å². The van der Waals surface area contributed by atoms with Crippen LogP contribution in [0, 0.1) is 11.3 Å². The predicted octanol–water partition coefficient (Wildman–Crippen LogP) is 6.25. The number of halogens is 1. The molecule has 0 saturated carbocycles. The summed E-state index contributed by atoms with van der Waals surface area (Å²) in [6, 6.07) is 20.1. The van der Waals surface area contributed by atoms with E-state index in [1.54, 1.807) is 48.9 Å². The number of hydrogen-bond acceptors (Lipinski definition) is 8. The molecule has 0 spiro atoms. The van der Waals surface area contributed by atoms with Gasteiger partial charge in [-0.15, -0.1) is 0 Å². The smallest absolute Gasteiger partial charge is 0.213 e. The largest absolute Gasteiger partial charge is 0.473 e. The van der Waals surface area contributed by atoms with Crippen molar-refractivity contribution in [2.24, 2.45) is 0 Å². The van der Waals surface area contributed by atoms with Crippen molar-refractivity contribution in [3.8, 4) is 23.4 Å². The Hall–Kier alpha value is -4.87. The van der Waals surface area contributed by atoms with E-state index in [1.165, 1.54) is 6.20 Å². The van der Waals surface area contributed by atoms with Gasteiger partial charge in [-0.25, -0.2) is 4.98 Å². The third-order valence-corrected chi connectivity index (χ3v) is 5.51. The van der Waals surface area contributed by atoms with Gasteiger partial charge >= 0.3 is 0 Å². The zero-order valence-corrected chi connectivity index (χ0v) is 19.6. The van der Waals surface area contributed by atoms with Crippen LogP contribution >= 0.6 is 11.6 Å². The lowest BCUT2D eigenvalue weighted by Gasteiger charge is -2.14. The summed E-state index contributed by atoms with van der Waals surface area (Å²) < 4.78 is 11.6. The van der Waals surface area contributed by atoms with E-state index >= 15 is 0 Å². The third-order valence-electron chi connectivity index (χ3n) is 5.28. The molecule has 2 aromatic carbocycles. The fourth-order valence-corrected chi connectivity index (χ4v) is 3.76. The zero-order chi connectivity index (χ0) is 24.9. The predicted molar refractivity (Wildman–Crippen MR) is 138 cm³/mol. The van der Waals surface area contributed by atoms with E-state index in [0.29, 0.717) is 62.5 Å². The number of benzene rings is 2. The van der Waals surface area contributed by atoms with Crippen LogP contribution in [-0.2, 0) is 6.61 Å². The standard InChI is InChI=1S/C27H19ClN6O2/c28-19-3-1-2-17(10-19)16-35-26-5-4-20(15-33-26)34-27-18(13-29)14-32-24-12-25(23(30)11-22(24)27)36-21-6-8-31-9-7-21/h1-12,14-15H,16,30H2,(H,32,34). The van der Waals surface area contributed by atoms with Gasteiger partial charge in [-0.3, -0.25) is 9.97 Å². The number of fused-ring (bicyclic) bond motifs is 1. The molecular formula is C27H19ClN6O2. The molecule has 0 saturated heterocycles. The molecule has 8 nitrogen and oxygen atoms in total. The van der Waals surface area contributed by atoms with E-state index in [0.717, 1.165) is 5.56 Å². The lowest BCUT2D eigenvalue weighted by Crippen LogP contribution is -2.00. The molecule has 0 unspecified atom stereocenters. The molecule has 3 N–H and O–H groups in total. The average Bonchev–Trinajstić information content (AvgIpc) is 2.90. The summed E-state index contributed by atoms with van der Waals surface area (Å²) in [6.07, 6.45) is 6.40. The highest BCUT2D eigenvalue weighted by atomic mass is 35.5. The van der Waals surface area contributed by atoms with E-state index in [2.05, 4.69) is 26.3 Å². The Morgan fingerprint density at radius 2 is 1.86 bits per heavy atom. The number of nitrogens with one attached hydrogen (secondary N) is 1. The first-order chi connectivity index (χ1) is 17.6. The number of pyridine rings is 3. The fraction of sp³-hybridized carbons (Fsp3) is 0.0370. The lowest BCUT2D eigenvalue weighted by atomic mass is 10.1. The Morgan fingerprint density at radius 3 is 2.61 bits per heavy atom. The van der Waals surface area contributed by atoms with Crippen LogP contribution < -0.4 is 20.5 Å². The van der Waals surface area contributed by atoms with Gasteiger partial charge in [0.15, 0.2) is 5.75 Å². The van der Waals surface area contributed by atoms with Gasteiger partial charge < -0.3 is 20.5 Å². The van der Waals surface area contributed by atoms with E-state index in [9.17, 15) is 5.26 Å². The topological polar surface area (TPSA) is 119 Å². The van der Waals surface area contributed by atoms with Gasteiger partial charge in [0.2, 0.25) is 5.88 Å². The van der Waals surface area contributed by atoms with Crippen LogP contribution in [0.2, 0.25) is 5.02 Å². The first-order valence-electron chi connectivity index (χ1n) is 10.9. The van der Waals surface area contributed by atoms with Crippen molar-refractivity contribution in [2.75, 3.05) is 11.1 Å². The van der Waals surface area contributed by atoms with Gasteiger partial charge in [0.05, 0.1) is 34.3 Å². The Morgan fingerprint density at radius 1 is 1.00 bits per heavy atom. The second-order valence-corrected chi connectivity index (χ2v) is 8.22. The quantitative estimate of drug-likeness (QED) is 0.255. The summed E-state index contributed by atoms with van der Waals surface area (Å²) in [6.45, 7) is 0.344. The van der Waals surface area contributed by atoms with Gasteiger partial charge in [-0.1, -0.05) is 23.7 Å². The number of ether oxygens (including phenoxy) is 2. The summed E-state index contributed by atoms with van der Waals surface area (Å²) >= 11 is 6.02. The number of hydrogen-bond donors (Lipinski definition) is 2. The van der Waals surface area contributed by atoms with Crippen molar-refractivity contribution in [2.45, 2.75) is 6.61 Å². The van der Waals surface area contributed by atoms with Crippen LogP contribution in [-0.4, -0.2) is 15.0 Å². The number of nitriles is 1. The minimum absolute atomic E-state index is 0.344. The number of nitrogen functional groups attached to an aromatic ring is 1. The second kappa shape index (κ2) is 10.2. The molecule has 0 fully saturated rings. The number of nitrogens with two attached hydrogens (primary N) is 1. The highest BCUT2D eigenvalue weighted by Gasteiger charge is 2.14. The highest BCUT2D eigenvalue weighted by molar-refractivity contribution is 6.30. The SMILES string of the molecule is N#Cc1cnc2cc(Oc3ccncc3)c(N)cc2c1Nc1ccc(OCc2cccc(Cl)c2)nc1. The summed E-state index contributed by atoms with van der Waals surface area (Å²) in [4.78, 5) is 12.8. The normalized spacial score (nSPS) is 10.6. The van der Waals surface area contributed by atoms with Gasteiger partial charge in [-0.2, -0.15) is 5.26 Å². The minimum Gasteiger partial charge on any atom is -0.473 e. The summed E-state index contributed by atoms with van der Waals surface area (Å²) in [5.41, 5.74) is 9.85. The first-order valence-corrected chi connectivity index (χ1v) is 11.3. The zero-order valence-electron chi connectivity index (χ0n) is 18.9. The average molecular weight is 495 g/mol. The highest BCUT2D eigenvalue weighted by Crippen LogP contribution is 2.36. The van der Waals surface area contributed by atoms with Crippen LogP contribution in [0.5, 0.6) is 17.4 Å². The van der Waals surface area contributed by atoms with Gasteiger partial charge in [0, 0.05) is 41.1 Å². The Kier molecular flexibility index (Phi) is 6.47. The number of anilines is 3. The maximum absolute atomic E-state index is 9.68. The minimum atomic E-state index is 0.344. The fourth-order valence-electron chi connectivity index (χ4n) is 3.55. The molecule has 36 heavy (non-hydrogen) atoms. The molecule has 0 bridgehead atoms. The van der Waals surface area contributed by atoms with Crippen molar-refractivity contribution in [1.29, 1.82) is 5.26 Å². The molecule has 176 valence electrons. The van der Waals surface area contributed by atoms with E-state index in [-0.39, 0.29) is 0 Å². The van der Waals surface area contributed by atoms with E-state index in [4.69, 9.17) is 26.8 Å². The number of rotatable bonds is 7. The van der Waals surface area contributed by atoms with Crippen LogP contribution in [0.1, 0.15) is 11.1 Å². The molecule has 0 aliphatic heterocycles. The Labute approximate surface area is 211 Å². The summed E-state index contributed by atoms with van der Waals surface area (Å²) in [5, 5.41) is 14.3. The summed E-state index contributed by atoms with van der Waals surface area (Å²) in [5.74, 6) is 1.52. The maximum atomic E-state index is 9.68. The number of aromatic nitrogens is 3. The molecule has 0 atom stereocenters. The van der Waals surface area contributed by atoms with E-state index < -0.39 is 0 Å². The molecule has 9 heteroatoms. The molecular weight excluding hydrogens is 476 g/mol. The van der Waals surface area contributed by atoms with Gasteiger partial charge in [-0.05, 0) is 42.0 Å². The van der Waals surface area contributed by atoms with Crippen LogP contribution in [0.15, 0.2) is 85.5 Å². The molecule has 0 radical (unpaired) electrons. The van der Waals surface area contributed by atoms with Crippen LogP contribution in [0.4, 0.5) is 17.1 Å². The molecule has 0 aliphatic carbocycles. The molecule has 3 aromatic heterocycles. The van der Waals surface area contributed by atoms with Crippen LogP contribution in [0.25, 0.3) is 10.9 Å². The Bertz CT molecular complexity index is 1570. The molecule has 5 aromatic rings. The third kappa shape index (κ3) is 5.12. The van der Waals surface area contributed by atoms with Crippen molar-refractivity contribution in [3.63, 3.8) is 0 Å².